The van der Waals surface area contributed by atoms with Crippen molar-refractivity contribution < 1.29 is 19.2 Å². The first kappa shape index (κ1) is 18.8. The van der Waals surface area contributed by atoms with E-state index in [0.29, 0.717) is 11.5 Å². The van der Waals surface area contributed by atoms with E-state index in [0.717, 1.165) is 21.8 Å². The van der Waals surface area contributed by atoms with Crippen LogP contribution in [0.3, 0.4) is 0 Å². The van der Waals surface area contributed by atoms with Crippen molar-refractivity contribution in [2.45, 2.75) is 40.0 Å². The van der Waals surface area contributed by atoms with E-state index in [1.165, 1.54) is 0 Å². The van der Waals surface area contributed by atoms with Gasteiger partial charge in [-0.15, -0.1) is 0 Å². The lowest BCUT2D eigenvalue weighted by Gasteiger charge is -2.16. The highest BCUT2D eigenvalue weighted by Gasteiger charge is 2.45. The average Bonchev–Trinajstić information content (AvgIpc) is 2.78. The van der Waals surface area contributed by atoms with Gasteiger partial charge in [0.05, 0.1) is 6.54 Å². The molecule has 2 rings (SSSR count). The summed E-state index contributed by atoms with van der Waals surface area (Å²) in [6, 6.07) is 6.44. The smallest absolute Gasteiger partial charge is 0.292 e. The molecule has 0 N–H and O–H groups in total. The summed E-state index contributed by atoms with van der Waals surface area (Å²) >= 11 is 0. The average molecular weight is 344 g/mol. The van der Waals surface area contributed by atoms with Gasteiger partial charge in [0.25, 0.3) is 0 Å². The molecule has 25 heavy (non-hydrogen) atoms. The van der Waals surface area contributed by atoms with Gasteiger partial charge in [-0.2, -0.15) is 0 Å². The first-order valence-corrected chi connectivity index (χ1v) is 8.56. The highest BCUT2D eigenvalue weighted by molar-refractivity contribution is 6.45. The van der Waals surface area contributed by atoms with E-state index >= 15 is 0 Å². The summed E-state index contributed by atoms with van der Waals surface area (Å²) in [7, 11) is 0. The molecule has 6 nitrogen and oxygen atoms in total. The van der Waals surface area contributed by atoms with Crippen molar-refractivity contribution in [3.63, 3.8) is 0 Å². The topological polar surface area (TPSA) is 74.8 Å². The zero-order valence-corrected chi connectivity index (χ0v) is 15.1. The number of imide groups is 2. The number of amides is 4. The molecule has 1 aliphatic rings. The number of hydrogen-bond donors (Lipinski definition) is 0. The third-order valence-corrected chi connectivity index (χ3v) is 4.40. The number of benzene rings is 1. The van der Waals surface area contributed by atoms with Crippen LogP contribution in [0.1, 0.15) is 56.0 Å². The predicted molar refractivity (Wildman–Crippen MR) is 93.1 cm³/mol. The third kappa shape index (κ3) is 3.95. The summed E-state index contributed by atoms with van der Waals surface area (Å²) in [4.78, 5) is 50.3. The fourth-order valence-corrected chi connectivity index (χ4v) is 2.68. The SMILES string of the molecule is CC[C@H](C)c1ccc(C(=O)CN2C(=O)C(=O)N(CC(C)C)C2=O)cc1. The van der Waals surface area contributed by atoms with Gasteiger partial charge in [-0.25, -0.2) is 9.69 Å². The molecule has 0 aliphatic carbocycles. The Kier molecular flexibility index (Phi) is 5.72. The number of ketones is 1. The van der Waals surface area contributed by atoms with E-state index in [1.807, 2.05) is 26.0 Å². The van der Waals surface area contributed by atoms with Crippen molar-refractivity contribution in [3.8, 4) is 0 Å². The van der Waals surface area contributed by atoms with Crippen molar-refractivity contribution in [1.82, 2.24) is 9.80 Å². The van der Waals surface area contributed by atoms with Gasteiger partial charge in [-0.05, 0) is 23.8 Å². The van der Waals surface area contributed by atoms with Crippen molar-refractivity contribution >= 4 is 23.6 Å². The molecule has 6 heteroatoms. The molecule has 4 amide bonds. The Morgan fingerprint density at radius 3 is 2.04 bits per heavy atom. The van der Waals surface area contributed by atoms with Crippen LogP contribution in [0.15, 0.2) is 24.3 Å². The van der Waals surface area contributed by atoms with Crippen molar-refractivity contribution in [2.24, 2.45) is 5.92 Å². The van der Waals surface area contributed by atoms with Crippen LogP contribution in [0.4, 0.5) is 4.79 Å². The van der Waals surface area contributed by atoms with Gasteiger partial charge < -0.3 is 0 Å². The molecule has 1 aliphatic heterocycles. The highest BCUT2D eigenvalue weighted by atomic mass is 16.2. The Morgan fingerprint density at radius 2 is 1.52 bits per heavy atom. The zero-order valence-electron chi connectivity index (χ0n) is 15.1. The number of carbonyl (C=O) groups is 4. The Labute approximate surface area is 147 Å². The van der Waals surface area contributed by atoms with Crippen molar-refractivity contribution in [3.05, 3.63) is 35.4 Å². The Balaban J connectivity index is 2.11. The van der Waals surface area contributed by atoms with Gasteiger partial charge in [0, 0.05) is 12.1 Å². The van der Waals surface area contributed by atoms with Gasteiger partial charge in [0.15, 0.2) is 5.78 Å². The molecule has 1 atom stereocenters. The van der Waals surface area contributed by atoms with E-state index in [9.17, 15) is 19.2 Å². The Bertz CT molecular complexity index is 694. The molecule has 0 unspecified atom stereocenters. The van der Waals surface area contributed by atoms with Crippen LogP contribution in [0.5, 0.6) is 0 Å². The maximum atomic E-state index is 12.4. The molecule has 1 heterocycles. The number of nitrogens with zero attached hydrogens (tertiary/aromatic N) is 2. The summed E-state index contributed by atoms with van der Waals surface area (Å²) in [6.45, 7) is 7.63. The van der Waals surface area contributed by atoms with Crippen LogP contribution in [0.2, 0.25) is 0 Å². The molecule has 1 aromatic rings. The molecule has 1 saturated heterocycles. The molecule has 0 bridgehead atoms. The predicted octanol–water partition coefficient (Wildman–Crippen LogP) is 2.83. The monoisotopic (exact) mass is 344 g/mol. The molecular formula is C19H24N2O4. The highest BCUT2D eigenvalue weighted by Crippen LogP contribution is 2.20. The maximum absolute atomic E-state index is 12.4. The second kappa shape index (κ2) is 7.59. The minimum absolute atomic E-state index is 0.0458. The fourth-order valence-electron chi connectivity index (χ4n) is 2.68. The lowest BCUT2D eigenvalue weighted by Crippen LogP contribution is -2.38. The van der Waals surface area contributed by atoms with Crippen LogP contribution in [-0.2, 0) is 9.59 Å². The summed E-state index contributed by atoms with van der Waals surface area (Å²) in [6.07, 6.45) is 0.998. The van der Waals surface area contributed by atoms with Crippen LogP contribution in [0, 0.1) is 5.92 Å². The van der Waals surface area contributed by atoms with Crippen LogP contribution in [-0.4, -0.2) is 46.5 Å². The largest absolute Gasteiger partial charge is 0.334 e. The van der Waals surface area contributed by atoms with Gasteiger partial charge in [-0.1, -0.05) is 52.0 Å². The molecule has 0 spiro atoms. The normalized spacial score (nSPS) is 16.1. The standard InChI is InChI=1S/C19H24N2O4/c1-5-13(4)14-6-8-15(9-7-14)16(22)11-21-18(24)17(23)20(19(21)25)10-12(2)3/h6-9,12-13H,5,10-11H2,1-4H3/t13-/m0/s1. The molecule has 0 radical (unpaired) electrons. The second-order valence-electron chi connectivity index (χ2n) is 6.84. The van der Waals surface area contributed by atoms with Crippen molar-refractivity contribution in [1.29, 1.82) is 0 Å². The van der Waals surface area contributed by atoms with E-state index in [4.69, 9.17) is 0 Å². The van der Waals surface area contributed by atoms with Gasteiger partial charge in [0.1, 0.15) is 0 Å². The summed E-state index contributed by atoms with van der Waals surface area (Å²) in [5.41, 5.74) is 1.55. The van der Waals surface area contributed by atoms with Gasteiger partial charge in [0.2, 0.25) is 0 Å². The number of carbonyl (C=O) groups excluding carboxylic acids is 4. The molecule has 0 saturated carbocycles. The summed E-state index contributed by atoms with van der Waals surface area (Å²) < 4.78 is 0. The molecule has 1 fully saturated rings. The quantitative estimate of drug-likeness (QED) is 0.433. The first-order valence-electron chi connectivity index (χ1n) is 8.56. The number of hydrogen-bond acceptors (Lipinski definition) is 4. The lowest BCUT2D eigenvalue weighted by atomic mass is 9.97. The lowest BCUT2D eigenvalue weighted by molar-refractivity contribution is -0.143. The third-order valence-electron chi connectivity index (χ3n) is 4.40. The van der Waals surface area contributed by atoms with Crippen LogP contribution >= 0.6 is 0 Å². The van der Waals surface area contributed by atoms with E-state index in [-0.39, 0.29) is 18.2 Å². The molecular weight excluding hydrogens is 320 g/mol. The van der Waals surface area contributed by atoms with E-state index < -0.39 is 24.4 Å². The van der Waals surface area contributed by atoms with Crippen LogP contribution < -0.4 is 0 Å². The van der Waals surface area contributed by atoms with Gasteiger partial charge in [-0.3, -0.25) is 19.3 Å². The summed E-state index contributed by atoms with van der Waals surface area (Å²) in [5, 5.41) is 0. The number of Topliss-reactive ketones (excluding diaryl/α,β-unsaturated/α-hetero) is 1. The summed E-state index contributed by atoms with van der Waals surface area (Å²) in [5.74, 6) is -1.72. The fraction of sp³-hybridized carbons (Fsp3) is 0.474. The zero-order chi connectivity index (χ0) is 18.7. The number of urea groups is 1. The molecule has 134 valence electrons. The minimum atomic E-state index is -0.935. The molecule has 0 aromatic heterocycles. The second-order valence-corrected chi connectivity index (χ2v) is 6.84. The Hall–Kier alpha value is -2.50. The van der Waals surface area contributed by atoms with Crippen molar-refractivity contribution in [2.75, 3.05) is 13.1 Å². The maximum Gasteiger partial charge on any atom is 0.334 e. The minimum Gasteiger partial charge on any atom is -0.292 e. The first-order chi connectivity index (χ1) is 11.8. The Morgan fingerprint density at radius 1 is 0.960 bits per heavy atom. The van der Waals surface area contributed by atoms with Crippen LogP contribution in [0.25, 0.3) is 0 Å². The van der Waals surface area contributed by atoms with E-state index in [2.05, 4.69) is 13.8 Å². The van der Waals surface area contributed by atoms with E-state index in [1.54, 1.807) is 12.1 Å². The van der Waals surface area contributed by atoms with Gasteiger partial charge >= 0.3 is 17.8 Å². The molecule has 1 aromatic carbocycles. The number of rotatable bonds is 7.